The first-order valence-corrected chi connectivity index (χ1v) is 5.54. The Kier molecular flexibility index (Phi) is 2.38. The van der Waals surface area contributed by atoms with E-state index in [9.17, 15) is 4.79 Å². The Morgan fingerprint density at radius 2 is 2.14 bits per heavy atom. The smallest absolute Gasteiger partial charge is 0.150 e. The van der Waals surface area contributed by atoms with Crippen molar-refractivity contribution >= 4 is 27.7 Å². The number of carbonyl (C=O) groups is 1. The normalized spacial score (nSPS) is 10.7. The summed E-state index contributed by atoms with van der Waals surface area (Å²) >= 11 is 1.75. The van der Waals surface area contributed by atoms with Crippen molar-refractivity contribution in [3.05, 3.63) is 34.2 Å². The summed E-state index contributed by atoms with van der Waals surface area (Å²) in [5.74, 6) is 0. The summed E-state index contributed by atoms with van der Waals surface area (Å²) in [7, 11) is 0. The highest BCUT2D eigenvalue weighted by Crippen LogP contribution is 2.28. The molecule has 0 N–H and O–H groups in total. The fourth-order valence-electron chi connectivity index (χ4n) is 1.65. The molecular weight excluding hydrogens is 192 g/mol. The van der Waals surface area contributed by atoms with Crippen molar-refractivity contribution in [2.24, 2.45) is 0 Å². The third-order valence-electron chi connectivity index (χ3n) is 2.39. The number of aldehydes is 1. The van der Waals surface area contributed by atoms with Crippen molar-refractivity contribution in [2.75, 3.05) is 0 Å². The summed E-state index contributed by atoms with van der Waals surface area (Å²) in [6.45, 7) is 4.18. The number of thiophene rings is 1. The molecule has 2 rings (SSSR count). The van der Waals surface area contributed by atoms with E-state index in [1.807, 2.05) is 6.07 Å². The lowest BCUT2D eigenvalue weighted by atomic mass is 10.1. The van der Waals surface area contributed by atoms with Crippen LogP contribution in [0.3, 0.4) is 0 Å². The number of hydrogen-bond acceptors (Lipinski definition) is 2. The molecule has 1 heterocycles. The van der Waals surface area contributed by atoms with Crippen molar-refractivity contribution in [1.82, 2.24) is 0 Å². The van der Waals surface area contributed by atoms with Crippen LogP contribution in [0.15, 0.2) is 18.2 Å². The summed E-state index contributed by atoms with van der Waals surface area (Å²) in [5.41, 5.74) is 2.06. The van der Waals surface area contributed by atoms with Crippen LogP contribution in [0.4, 0.5) is 0 Å². The molecule has 0 unspecified atom stereocenters. The number of fused-ring (bicyclic) bond motifs is 1. The van der Waals surface area contributed by atoms with Gasteiger partial charge in [-0.2, -0.15) is 0 Å². The van der Waals surface area contributed by atoms with Crippen molar-refractivity contribution in [1.29, 1.82) is 0 Å². The number of hydrogen-bond donors (Lipinski definition) is 0. The van der Waals surface area contributed by atoms with E-state index in [1.165, 1.54) is 15.1 Å². The lowest BCUT2D eigenvalue weighted by Crippen LogP contribution is -1.85. The summed E-state index contributed by atoms with van der Waals surface area (Å²) in [6.07, 6.45) is 1.93. The Hall–Kier alpha value is -1.15. The van der Waals surface area contributed by atoms with Crippen LogP contribution in [0, 0.1) is 6.92 Å². The van der Waals surface area contributed by atoms with Gasteiger partial charge in [0.15, 0.2) is 6.29 Å². The Labute approximate surface area is 87.4 Å². The van der Waals surface area contributed by atoms with Gasteiger partial charge < -0.3 is 0 Å². The minimum atomic E-state index is 0.823. The van der Waals surface area contributed by atoms with Crippen LogP contribution in [-0.2, 0) is 6.42 Å². The van der Waals surface area contributed by atoms with Crippen LogP contribution in [0.1, 0.15) is 27.7 Å². The van der Waals surface area contributed by atoms with Crippen LogP contribution in [0.25, 0.3) is 10.1 Å². The van der Waals surface area contributed by atoms with Gasteiger partial charge in [-0.15, -0.1) is 11.3 Å². The average molecular weight is 204 g/mol. The highest BCUT2D eigenvalue weighted by atomic mass is 32.1. The standard InChI is InChI=1S/C12H12OS/c1-3-9-5-10(7-13)11-4-8(2)14-12(11)6-9/h4-7H,3H2,1-2H3. The number of carbonyl (C=O) groups excluding carboxylic acids is 1. The summed E-state index contributed by atoms with van der Waals surface area (Å²) in [5, 5.41) is 1.10. The Balaban J connectivity index is 2.78. The highest BCUT2D eigenvalue weighted by molar-refractivity contribution is 7.19. The van der Waals surface area contributed by atoms with Crippen LogP contribution in [0.5, 0.6) is 0 Å². The minimum Gasteiger partial charge on any atom is -0.298 e. The third-order valence-corrected chi connectivity index (χ3v) is 3.39. The van der Waals surface area contributed by atoms with Gasteiger partial charge in [-0.25, -0.2) is 0 Å². The molecular formula is C12H12OS. The van der Waals surface area contributed by atoms with Gasteiger partial charge in [0.1, 0.15) is 0 Å². The second-order valence-electron chi connectivity index (χ2n) is 3.43. The van der Waals surface area contributed by atoms with Crippen molar-refractivity contribution < 1.29 is 4.79 Å². The maximum absolute atomic E-state index is 10.9. The molecule has 1 nitrogen and oxygen atoms in total. The van der Waals surface area contributed by atoms with Crippen molar-refractivity contribution in [3.8, 4) is 0 Å². The molecule has 0 aliphatic rings. The quantitative estimate of drug-likeness (QED) is 0.683. The predicted molar refractivity (Wildman–Crippen MR) is 61.3 cm³/mol. The van der Waals surface area contributed by atoms with Gasteiger partial charge in [0.2, 0.25) is 0 Å². The van der Waals surface area contributed by atoms with Gasteiger partial charge in [0.25, 0.3) is 0 Å². The number of rotatable bonds is 2. The average Bonchev–Trinajstić information content (AvgIpc) is 2.56. The molecule has 14 heavy (non-hydrogen) atoms. The molecule has 0 aliphatic heterocycles. The summed E-state index contributed by atoms with van der Waals surface area (Å²) in [6, 6.07) is 6.25. The molecule has 0 saturated carbocycles. The molecule has 0 fully saturated rings. The van der Waals surface area contributed by atoms with Gasteiger partial charge in [-0.05, 0) is 37.1 Å². The van der Waals surface area contributed by atoms with Crippen LogP contribution >= 0.6 is 11.3 Å². The van der Waals surface area contributed by atoms with Gasteiger partial charge in [-0.3, -0.25) is 4.79 Å². The first-order chi connectivity index (χ1) is 6.74. The highest BCUT2D eigenvalue weighted by Gasteiger charge is 2.05. The molecule has 2 heteroatoms. The molecule has 0 bridgehead atoms. The van der Waals surface area contributed by atoms with E-state index in [-0.39, 0.29) is 0 Å². The molecule has 0 atom stereocenters. The van der Waals surface area contributed by atoms with Gasteiger partial charge in [-0.1, -0.05) is 6.92 Å². The van der Waals surface area contributed by atoms with E-state index < -0.39 is 0 Å². The first-order valence-electron chi connectivity index (χ1n) is 4.73. The van der Waals surface area contributed by atoms with E-state index in [0.29, 0.717) is 0 Å². The second kappa shape index (κ2) is 3.54. The molecule has 0 amide bonds. The zero-order valence-corrected chi connectivity index (χ0v) is 9.15. The topological polar surface area (TPSA) is 17.1 Å². The van der Waals surface area contributed by atoms with Crippen molar-refractivity contribution in [3.63, 3.8) is 0 Å². The molecule has 2 aromatic rings. The minimum absolute atomic E-state index is 0.823. The number of aryl methyl sites for hydroxylation is 2. The Morgan fingerprint density at radius 1 is 1.36 bits per heavy atom. The maximum Gasteiger partial charge on any atom is 0.150 e. The second-order valence-corrected chi connectivity index (χ2v) is 4.71. The van der Waals surface area contributed by atoms with Crippen LogP contribution in [-0.4, -0.2) is 6.29 Å². The number of benzene rings is 1. The fraction of sp³-hybridized carbons (Fsp3) is 0.250. The van der Waals surface area contributed by atoms with E-state index in [2.05, 4.69) is 26.0 Å². The van der Waals surface area contributed by atoms with E-state index in [0.717, 1.165) is 23.7 Å². The van der Waals surface area contributed by atoms with Gasteiger partial charge >= 0.3 is 0 Å². The Morgan fingerprint density at radius 3 is 2.79 bits per heavy atom. The first kappa shape index (κ1) is 9.41. The molecule has 0 spiro atoms. The monoisotopic (exact) mass is 204 g/mol. The largest absolute Gasteiger partial charge is 0.298 e. The molecule has 0 radical (unpaired) electrons. The lowest BCUT2D eigenvalue weighted by molar-refractivity contribution is 0.112. The zero-order valence-electron chi connectivity index (χ0n) is 8.33. The lowest BCUT2D eigenvalue weighted by Gasteiger charge is -1.99. The van der Waals surface area contributed by atoms with Crippen LogP contribution in [0.2, 0.25) is 0 Å². The Bertz CT molecular complexity index is 482. The summed E-state index contributed by atoms with van der Waals surface area (Å²) < 4.78 is 1.23. The third kappa shape index (κ3) is 1.46. The molecule has 0 aliphatic carbocycles. The predicted octanol–water partition coefficient (Wildman–Crippen LogP) is 3.58. The van der Waals surface area contributed by atoms with Crippen molar-refractivity contribution in [2.45, 2.75) is 20.3 Å². The molecule has 1 aromatic carbocycles. The molecule has 0 saturated heterocycles. The molecule has 1 aromatic heterocycles. The van der Waals surface area contributed by atoms with E-state index >= 15 is 0 Å². The van der Waals surface area contributed by atoms with E-state index in [1.54, 1.807) is 11.3 Å². The van der Waals surface area contributed by atoms with Gasteiger partial charge in [0.05, 0.1) is 0 Å². The van der Waals surface area contributed by atoms with Gasteiger partial charge in [0, 0.05) is 20.5 Å². The maximum atomic E-state index is 10.9. The summed E-state index contributed by atoms with van der Waals surface area (Å²) in [4.78, 5) is 12.2. The molecule has 72 valence electrons. The van der Waals surface area contributed by atoms with Crippen LogP contribution < -0.4 is 0 Å². The van der Waals surface area contributed by atoms with E-state index in [4.69, 9.17) is 0 Å². The fourth-order valence-corrected chi connectivity index (χ4v) is 2.67. The zero-order chi connectivity index (χ0) is 10.1. The SMILES string of the molecule is CCc1cc(C=O)c2cc(C)sc2c1.